The van der Waals surface area contributed by atoms with Crippen molar-refractivity contribution in [1.29, 1.82) is 0 Å². The lowest BCUT2D eigenvalue weighted by Gasteiger charge is -2.15. The number of aromatic nitrogens is 1. The van der Waals surface area contributed by atoms with Crippen molar-refractivity contribution in [2.75, 3.05) is 5.32 Å². The maximum Gasteiger partial charge on any atom is 0.315 e. The number of carbonyl (C=O) groups excluding carboxylic acids is 2. The molecule has 0 radical (unpaired) electrons. The molecule has 0 bridgehead atoms. The number of aryl methyl sites for hydroxylation is 2. The molecule has 0 saturated heterocycles. The maximum atomic E-state index is 11.9. The van der Waals surface area contributed by atoms with Gasteiger partial charge in [0.15, 0.2) is 5.13 Å². The zero-order valence-electron chi connectivity index (χ0n) is 12.0. The molecule has 1 saturated carbocycles. The van der Waals surface area contributed by atoms with Crippen LogP contribution in [0.25, 0.3) is 0 Å². The number of carbonyl (C=O) groups is 2. The van der Waals surface area contributed by atoms with Crippen molar-refractivity contribution in [3.8, 4) is 0 Å². The molecule has 0 atom stereocenters. The highest BCUT2D eigenvalue weighted by molar-refractivity contribution is 7.15. The van der Waals surface area contributed by atoms with Gasteiger partial charge >= 0.3 is 11.8 Å². The molecular formula is C14H21N3O2S. The summed E-state index contributed by atoms with van der Waals surface area (Å²) in [5.41, 5.74) is 0.884. The van der Waals surface area contributed by atoms with Gasteiger partial charge in [-0.05, 0) is 26.7 Å². The molecule has 2 N–H and O–H groups in total. The van der Waals surface area contributed by atoms with Crippen molar-refractivity contribution in [3.05, 3.63) is 10.6 Å². The third kappa shape index (κ3) is 4.03. The quantitative estimate of drug-likeness (QED) is 0.650. The Kier molecular flexibility index (Phi) is 5.11. The first-order valence-corrected chi connectivity index (χ1v) is 7.94. The number of amides is 2. The van der Waals surface area contributed by atoms with Crippen LogP contribution in [0.3, 0.4) is 0 Å². The van der Waals surface area contributed by atoms with Crippen LogP contribution in [0.5, 0.6) is 0 Å². The van der Waals surface area contributed by atoms with Crippen molar-refractivity contribution >= 4 is 28.3 Å². The van der Waals surface area contributed by atoms with E-state index < -0.39 is 11.8 Å². The molecule has 1 aliphatic rings. The molecule has 110 valence electrons. The SMILES string of the molecule is Cc1nc(NC(=O)C(=O)NC2CCCCCC2)sc1C. The topological polar surface area (TPSA) is 71.1 Å². The van der Waals surface area contributed by atoms with Crippen LogP contribution in [0.1, 0.15) is 49.1 Å². The van der Waals surface area contributed by atoms with Gasteiger partial charge in [0.1, 0.15) is 0 Å². The van der Waals surface area contributed by atoms with Gasteiger partial charge in [-0.1, -0.05) is 25.7 Å². The van der Waals surface area contributed by atoms with Gasteiger partial charge in [-0.15, -0.1) is 11.3 Å². The van der Waals surface area contributed by atoms with Crippen molar-refractivity contribution in [2.45, 2.75) is 58.4 Å². The Bertz CT molecular complexity index is 471. The van der Waals surface area contributed by atoms with Crippen molar-refractivity contribution < 1.29 is 9.59 Å². The van der Waals surface area contributed by atoms with E-state index in [4.69, 9.17) is 0 Å². The molecule has 20 heavy (non-hydrogen) atoms. The standard InChI is InChI=1S/C14H21N3O2S/c1-9-10(2)20-14(15-9)17-13(19)12(18)16-11-7-5-3-4-6-8-11/h11H,3-8H2,1-2H3,(H,16,18)(H,15,17,19). The van der Waals surface area contributed by atoms with Crippen LogP contribution in [0.15, 0.2) is 0 Å². The van der Waals surface area contributed by atoms with E-state index in [1.807, 2.05) is 13.8 Å². The fraction of sp³-hybridized carbons (Fsp3) is 0.643. The lowest BCUT2D eigenvalue weighted by molar-refractivity contribution is -0.136. The molecule has 0 spiro atoms. The van der Waals surface area contributed by atoms with Crippen LogP contribution in [-0.4, -0.2) is 22.8 Å². The molecule has 0 aromatic carbocycles. The lowest BCUT2D eigenvalue weighted by Crippen LogP contribution is -2.41. The van der Waals surface area contributed by atoms with E-state index >= 15 is 0 Å². The molecule has 0 unspecified atom stereocenters. The van der Waals surface area contributed by atoms with Gasteiger partial charge in [0.05, 0.1) is 5.69 Å². The van der Waals surface area contributed by atoms with Crippen LogP contribution < -0.4 is 10.6 Å². The highest BCUT2D eigenvalue weighted by atomic mass is 32.1. The summed E-state index contributed by atoms with van der Waals surface area (Å²) in [7, 11) is 0. The number of hydrogen-bond acceptors (Lipinski definition) is 4. The van der Waals surface area contributed by atoms with Gasteiger partial charge in [0.2, 0.25) is 0 Å². The molecule has 1 fully saturated rings. The van der Waals surface area contributed by atoms with Crippen molar-refractivity contribution in [1.82, 2.24) is 10.3 Å². The first-order valence-electron chi connectivity index (χ1n) is 7.12. The molecule has 2 rings (SSSR count). The summed E-state index contributed by atoms with van der Waals surface area (Å²) in [5, 5.41) is 5.88. The molecular weight excluding hydrogens is 274 g/mol. The summed E-state index contributed by atoms with van der Waals surface area (Å²) < 4.78 is 0. The van der Waals surface area contributed by atoms with E-state index in [2.05, 4.69) is 15.6 Å². The number of hydrogen-bond donors (Lipinski definition) is 2. The third-order valence-electron chi connectivity index (χ3n) is 3.65. The molecule has 2 amide bonds. The number of rotatable bonds is 2. The molecule has 0 aliphatic heterocycles. The zero-order valence-corrected chi connectivity index (χ0v) is 12.8. The Balaban J connectivity index is 1.86. The van der Waals surface area contributed by atoms with Crippen LogP contribution in [-0.2, 0) is 9.59 Å². The highest BCUT2D eigenvalue weighted by Gasteiger charge is 2.20. The van der Waals surface area contributed by atoms with Gasteiger partial charge < -0.3 is 5.32 Å². The summed E-state index contributed by atoms with van der Waals surface area (Å²) in [6.07, 6.45) is 6.62. The third-order valence-corrected chi connectivity index (χ3v) is 4.63. The summed E-state index contributed by atoms with van der Waals surface area (Å²) in [4.78, 5) is 29.0. The average Bonchev–Trinajstić information content (AvgIpc) is 2.61. The lowest BCUT2D eigenvalue weighted by atomic mass is 10.1. The van der Waals surface area contributed by atoms with E-state index in [0.29, 0.717) is 5.13 Å². The normalized spacial score (nSPS) is 16.5. The Labute approximate surface area is 123 Å². The van der Waals surface area contributed by atoms with Crippen molar-refractivity contribution in [2.24, 2.45) is 0 Å². The first-order chi connectivity index (χ1) is 9.56. The molecule has 6 heteroatoms. The fourth-order valence-electron chi connectivity index (χ4n) is 2.35. The number of nitrogens with one attached hydrogen (secondary N) is 2. The summed E-state index contributed by atoms with van der Waals surface area (Å²) >= 11 is 1.39. The van der Waals surface area contributed by atoms with Crippen molar-refractivity contribution in [3.63, 3.8) is 0 Å². The Morgan fingerprint density at radius 3 is 2.30 bits per heavy atom. The van der Waals surface area contributed by atoms with Gasteiger partial charge in [0, 0.05) is 10.9 Å². The van der Waals surface area contributed by atoms with Gasteiger partial charge in [0.25, 0.3) is 0 Å². The van der Waals surface area contributed by atoms with Gasteiger partial charge in [-0.3, -0.25) is 14.9 Å². The highest BCUT2D eigenvalue weighted by Crippen LogP contribution is 2.21. The minimum absolute atomic E-state index is 0.135. The number of anilines is 1. The Morgan fingerprint density at radius 2 is 1.75 bits per heavy atom. The zero-order chi connectivity index (χ0) is 14.5. The summed E-state index contributed by atoms with van der Waals surface area (Å²) in [5.74, 6) is -1.18. The van der Waals surface area contributed by atoms with Crippen LogP contribution >= 0.6 is 11.3 Å². The number of thiazole rings is 1. The summed E-state index contributed by atoms with van der Waals surface area (Å²) in [6.45, 7) is 3.82. The predicted octanol–water partition coefficient (Wildman–Crippen LogP) is 2.54. The molecule has 1 aliphatic carbocycles. The average molecular weight is 295 g/mol. The molecule has 1 heterocycles. The molecule has 5 nitrogen and oxygen atoms in total. The minimum atomic E-state index is -0.622. The molecule has 1 aromatic rings. The largest absolute Gasteiger partial charge is 0.345 e. The van der Waals surface area contributed by atoms with Crippen LogP contribution in [0.2, 0.25) is 0 Å². The van der Waals surface area contributed by atoms with E-state index in [1.54, 1.807) is 0 Å². The first kappa shape index (κ1) is 15.0. The van der Waals surface area contributed by atoms with Gasteiger partial charge in [-0.25, -0.2) is 4.98 Å². The Morgan fingerprint density at radius 1 is 1.10 bits per heavy atom. The van der Waals surface area contributed by atoms with Gasteiger partial charge in [-0.2, -0.15) is 0 Å². The maximum absolute atomic E-state index is 11.9. The second kappa shape index (κ2) is 6.83. The van der Waals surface area contributed by atoms with E-state index in [-0.39, 0.29) is 6.04 Å². The van der Waals surface area contributed by atoms with E-state index in [9.17, 15) is 9.59 Å². The van der Waals surface area contributed by atoms with E-state index in [0.717, 1.165) is 36.3 Å². The van der Waals surface area contributed by atoms with Crippen LogP contribution in [0, 0.1) is 13.8 Å². The minimum Gasteiger partial charge on any atom is -0.345 e. The fourth-order valence-corrected chi connectivity index (χ4v) is 3.16. The number of nitrogens with zero attached hydrogens (tertiary/aromatic N) is 1. The Hall–Kier alpha value is -1.43. The monoisotopic (exact) mass is 295 g/mol. The molecule has 1 aromatic heterocycles. The summed E-state index contributed by atoms with van der Waals surface area (Å²) in [6, 6.07) is 0.135. The van der Waals surface area contributed by atoms with Crippen LogP contribution in [0.4, 0.5) is 5.13 Å². The van der Waals surface area contributed by atoms with E-state index in [1.165, 1.54) is 24.2 Å². The second-order valence-electron chi connectivity index (χ2n) is 5.28. The second-order valence-corrected chi connectivity index (χ2v) is 6.48. The smallest absolute Gasteiger partial charge is 0.315 e. The predicted molar refractivity (Wildman–Crippen MR) is 79.9 cm³/mol.